The van der Waals surface area contributed by atoms with E-state index in [4.69, 9.17) is 4.74 Å². The van der Waals surface area contributed by atoms with E-state index in [1.807, 2.05) is 13.0 Å². The number of carbonyl (C=O) groups excluding carboxylic acids is 1. The van der Waals surface area contributed by atoms with Gasteiger partial charge in [0.25, 0.3) is 0 Å². The van der Waals surface area contributed by atoms with E-state index in [0.29, 0.717) is 17.9 Å². The van der Waals surface area contributed by atoms with E-state index in [0.717, 1.165) is 0 Å². The topological polar surface area (TPSA) is 46.5 Å². The van der Waals surface area contributed by atoms with Gasteiger partial charge in [0.05, 0.1) is 6.61 Å². The molecule has 0 saturated heterocycles. The Balaban J connectivity index is 2.47. The Labute approximate surface area is 106 Å². The first-order chi connectivity index (χ1) is 8.74. The van der Waals surface area contributed by atoms with Crippen LogP contribution in [0.25, 0.3) is 0 Å². The molecule has 2 aromatic rings. The van der Waals surface area contributed by atoms with Crippen molar-refractivity contribution in [3.63, 3.8) is 0 Å². The fourth-order valence-electron chi connectivity index (χ4n) is 1.76. The first-order valence-corrected chi connectivity index (χ1v) is 5.78. The van der Waals surface area contributed by atoms with Crippen molar-refractivity contribution in [2.24, 2.45) is 0 Å². The molecule has 2 rings (SSSR count). The Bertz CT molecular complexity index is 547. The Morgan fingerprint density at radius 1 is 1.11 bits per heavy atom. The van der Waals surface area contributed by atoms with E-state index in [1.165, 1.54) is 6.07 Å². The fourth-order valence-corrected chi connectivity index (χ4v) is 1.76. The van der Waals surface area contributed by atoms with Crippen LogP contribution in [0.15, 0.2) is 48.5 Å². The molecule has 0 fully saturated rings. The molecular weight excluding hydrogens is 228 g/mol. The largest absolute Gasteiger partial charge is 0.507 e. The van der Waals surface area contributed by atoms with Crippen LogP contribution in [0.2, 0.25) is 0 Å². The number of aromatic hydroxyl groups is 1. The zero-order valence-electron chi connectivity index (χ0n) is 10.1. The number of ether oxygens (including phenoxy) is 1. The molecule has 0 saturated carbocycles. The minimum Gasteiger partial charge on any atom is -0.507 e. The van der Waals surface area contributed by atoms with Crippen LogP contribution < -0.4 is 4.74 Å². The van der Waals surface area contributed by atoms with E-state index in [-0.39, 0.29) is 17.1 Å². The lowest BCUT2D eigenvalue weighted by molar-refractivity contribution is 0.103. The predicted molar refractivity (Wildman–Crippen MR) is 69.2 cm³/mol. The summed E-state index contributed by atoms with van der Waals surface area (Å²) in [6.07, 6.45) is 0. The van der Waals surface area contributed by atoms with Crippen LogP contribution in [0.4, 0.5) is 0 Å². The molecule has 0 atom stereocenters. The lowest BCUT2D eigenvalue weighted by Gasteiger charge is -2.10. The number of ketones is 1. The molecular formula is C15H14O3. The molecule has 3 nitrogen and oxygen atoms in total. The van der Waals surface area contributed by atoms with Crippen LogP contribution in [-0.2, 0) is 0 Å². The summed E-state index contributed by atoms with van der Waals surface area (Å²) in [4.78, 5) is 12.3. The van der Waals surface area contributed by atoms with Crippen LogP contribution >= 0.6 is 0 Å². The van der Waals surface area contributed by atoms with Gasteiger partial charge in [0.1, 0.15) is 17.1 Å². The van der Waals surface area contributed by atoms with E-state index >= 15 is 0 Å². The highest BCUT2D eigenvalue weighted by molar-refractivity contribution is 6.12. The molecule has 1 N–H and O–H groups in total. The van der Waals surface area contributed by atoms with Crippen LogP contribution in [0, 0.1) is 0 Å². The highest BCUT2D eigenvalue weighted by atomic mass is 16.5. The Kier molecular flexibility index (Phi) is 3.63. The van der Waals surface area contributed by atoms with Crippen molar-refractivity contribution in [3.8, 4) is 11.5 Å². The molecule has 0 unspecified atom stereocenters. The smallest absolute Gasteiger partial charge is 0.200 e. The Hall–Kier alpha value is -2.29. The summed E-state index contributed by atoms with van der Waals surface area (Å²) in [5, 5.41) is 9.85. The second-order valence-corrected chi connectivity index (χ2v) is 3.78. The van der Waals surface area contributed by atoms with Gasteiger partial charge in [0.2, 0.25) is 5.78 Å². The number of phenolic OH excluding ortho intramolecular Hbond substituents is 1. The van der Waals surface area contributed by atoms with Gasteiger partial charge in [-0.1, -0.05) is 36.4 Å². The number of carbonyl (C=O) groups is 1. The molecule has 0 aromatic heterocycles. The van der Waals surface area contributed by atoms with E-state index in [1.54, 1.807) is 36.4 Å². The molecule has 3 heteroatoms. The van der Waals surface area contributed by atoms with Crippen molar-refractivity contribution >= 4 is 5.78 Å². The van der Waals surface area contributed by atoms with Crippen LogP contribution in [0.1, 0.15) is 22.8 Å². The number of rotatable bonds is 4. The zero-order valence-corrected chi connectivity index (χ0v) is 10.1. The minimum atomic E-state index is -0.239. The predicted octanol–water partition coefficient (Wildman–Crippen LogP) is 3.02. The third-order valence-corrected chi connectivity index (χ3v) is 2.57. The molecule has 0 radical (unpaired) electrons. The minimum absolute atomic E-state index is 0.0604. The summed E-state index contributed by atoms with van der Waals surface area (Å²) in [5.74, 6) is 0.110. The molecule has 92 valence electrons. The maximum Gasteiger partial charge on any atom is 0.200 e. The molecule has 0 heterocycles. The normalized spacial score (nSPS) is 10.1. The van der Waals surface area contributed by atoms with Crippen LogP contribution in [0.5, 0.6) is 11.5 Å². The Morgan fingerprint density at radius 3 is 2.50 bits per heavy atom. The summed E-state index contributed by atoms with van der Waals surface area (Å²) in [6.45, 7) is 2.28. The van der Waals surface area contributed by atoms with Crippen molar-refractivity contribution in [1.82, 2.24) is 0 Å². The van der Waals surface area contributed by atoms with Gasteiger partial charge in [-0.3, -0.25) is 4.79 Å². The zero-order chi connectivity index (χ0) is 13.0. The highest BCUT2D eigenvalue weighted by Gasteiger charge is 2.18. The number of phenols is 1. The van der Waals surface area contributed by atoms with Crippen LogP contribution in [0.3, 0.4) is 0 Å². The second kappa shape index (κ2) is 5.36. The molecule has 0 spiro atoms. The lowest BCUT2D eigenvalue weighted by atomic mass is 10.0. The van der Waals surface area contributed by atoms with Gasteiger partial charge >= 0.3 is 0 Å². The van der Waals surface area contributed by atoms with Gasteiger partial charge in [0.15, 0.2) is 0 Å². The molecule has 0 bridgehead atoms. The second-order valence-electron chi connectivity index (χ2n) is 3.78. The molecule has 18 heavy (non-hydrogen) atoms. The standard InChI is InChI=1S/C15H14O3/c1-2-18-13-10-6-9-12(16)14(13)15(17)11-7-4-3-5-8-11/h3-10,16H,2H2,1H3. The lowest BCUT2D eigenvalue weighted by Crippen LogP contribution is -2.05. The summed E-state index contributed by atoms with van der Waals surface area (Å²) in [7, 11) is 0. The monoisotopic (exact) mass is 242 g/mol. The average Bonchev–Trinajstić information content (AvgIpc) is 2.40. The number of hydrogen-bond donors (Lipinski definition) is 1. The average molecular weight is 242 g/mol. The highest BCUT2D eigenvalue weighted by Crippen LogP contribution is 2.29. The first-order valence-electron chi connectivity index (χ1n) is 5.78. The number of hydrogen-bond acceptors (Lipinski definition) is 3. The van der Waals surface area contributed by atoms with E-state index in [2.05, 4.69) is 0 Å². The third-order valence-electron chi connectivity index (χ3n) is 2.57. The summed E-state index contributed by atoms with van der Waals surface area (Å²) in [6, 6.07) is 13.7. The number of benzene rings is 2. The summed E-state index contributed by atoms with van der Waals surface area (Å²) < 4.78 is 5.38. The maximum atomic E-state index is 12.3. The van der Waals surface area contributed by atoms with Crippen molar-refractivity contribution in [2.45, 2.75) is 6.92 Å². The van der Waals surface area contributed by atoms with E-state index in [9.17, 15) is 9.90 Å². The van der Waals surface area contributed by atoms with Crippen molar-refractivity contribution < 1.29 is 14.6 Å². The first kappa shape index (κ1) is 12.2. The molecule has 2 aromatic carbocycles. The molecule has 0 amide bonds. The van der Waals surface area contributed by atoms with Crippen molar-refractivity contribution in [3.05, 3.63) is 59.7 Å². The quantitative estimate of drug-likeness (QED) is 0.838. The van der Waals surface area contributed by atoms with Crippen molar-refractivity contribution in [2.75, 3.05) is 6.61 Å². The molecule has 0 aliphatic rings. The SMILES string of the molecule is CCOc1cccc(O)c1C(=O)c1ccccc1. The van der Waals surface area contributed by atoms with Crippen LogP contribution in [-0.4, -0.2) is 17.5 Å². The van der Waals surface area contributed by atoms with Gasteiger partial charge in [0, 0.05) is 5.56 Å². The van der Waals surface area contributed by atoms with Gasteiger partial charge in [-0.05, 0) is 19.1 Å². The van der Waals surface area contributed by atoms with Gasteiger partial charge in [-0.2, -0.15) is 0 Å². The van der Waals surface area contributed by atoms with E-state index < -0.39 is 0 Å². The Morgan fingerprint density at radius 2 is 1.83 bits per heavy atom. The van der Waals surface area contributed by atoms with Gasteiger partial charge in [-0.15, -0.1) is 0 Å². The van der Waals surface area contributed by atoms with Gasteiger partial charge in [-0.25, -0.2) is 0 Å². The summed E-state index contributed by atoms with van der Waals surface area (Å²) >= 11 is 0. The van der Waals surface area contributed by atoms with Crippen molar-refractivity contribution in [1.29, 1.82) is 0 Å². The summed E-state index contributed by atoms with van der Waals surface area (Å²) in [5.41, 5.74) is 0.741. The molecule has 0 aliphatic heterocycles. The maximum absolute atomic E-state index is 12.3. The fraction of sp³-hybridized carbons (Fsp3) is 0.133. The van der Waals surface area contributed by atoms with Gasteiger partial charge < -0.3 is 9.84 Å². The molecule has 0 aliphatic carbocycles. The third kappa shape index (κ3) is 2.35.